The van der Waals surface area contributed by atoms with Crippen molar-refractivity contribution in [1.82, 2.24) is 4.98 Å². The Morgan fingerprint density at radius 1 is 0.667 bits per heavy atom. The van der Waals surface area contributed by atoms with Crippen LogP contribution in [0.5, 0.6) is 0 Å². The number of hydrogen-bond donors (Lipinski definition) is 7. The molecule has 0 spiro atoms. The van der Waals surface area contributed by atoms with Gasteiger partial charge in [-0.3, -0.25) is 16.1 Å². The standard InChI is InChI=1S/C14H20N2O.C14H17NO.C8H12N2.C6H10O2/c1-10-3-4-11(2)14(9-10)16-15-12-5-7-13(17)8-6-12;1-8-3-4-9(2)14-13(8)11-7-10(16)5-6-12(11)15-14;1-6-3-4-7(2)8(5-6)10-9;7-5-1-2-6(8)4-3-5/h3-4,9,13,16-17H,5-8H2,1-2H3;3-4,10,15-16H,5-7H2,1-2H3;3-5,10H,9H2,1-2H3;5,7H,1-4H2. The molecule has 1 unspecified atom stereocenters. The Bertz CT molecular complexity index is 1780. The fraction of sp³-hybridized carbons (Fsp3) is 0.476. The van der Waals surface area contributed by atoms with Gasteiger partial charge in [-0.2, -0.15) is 5.10 Å². The third kappa shape index (κ3) is 11.8. The first-order chi connectivity index (χ1) is 24.3. The fourth-order valence-electron chi connectivity index (χ4n) is 6.68. The molecule has 8 N–H and O–H groups in total. The molecule has 7 rings (SSSR count). The molecule has 0 aliphatic heterocycles. The Hall–Kier alpha value is -4.02. The zero-order valence-electron chi connectivity index (χ0n) is 31.4. The van der Waals surface area contributed by atoms with Gasteiger partial charge in [-0.15, -0.1) is 0 Å². The number of carbonyl (C=O) groups is 1. The van der Waals surface area contributed by atoms with Gasteiger partial charge in [0.05, 0.1) is 29.7 Å². The lowest BCUT2D eigenvalue weighted by atomic mass is 9.91. The Kier molecular flexibility index (Phi) is 14.8. The van der Waals surface area contributed by atoms with Gasteiger partial charge >= 0.3 is 0 Å². The van der Waals surface area contributed by atoms with E-state index in [1.807, 2.05) is 26.0 Å². The van der Waals surface area contributed by atoms with Crippen LogP contribution >= 0.6 is 0 Å². The number of hydrazone groups is 1. The van der Waals surface area contributed by atoms with Crippen LogP contribution in [0.25, 0.3) is 10.9 Å². The molecular formula is C42H59N5O4. The normalized spacial score (nSPS) is 18.6. The molecule has 3 aliphatic carbocycles. The van der Waals surface area contributed by atoms with E-state index in [-0.39, 0.29) is 18.3 Å². The number of hydrazine groups is 1. The maximum atomic E-state index is 10.5. The second-order valence-electron chi connectivity index (χ2n) is 14.5. The number of H-pyrrole nitrogens is 1. The number of anilines is 2. The van der Waals surface area contributed by atoms with E-state index in [4.69, 9.17) is 10.9 Å². The minimum Gasteiger partial charge on any atom is -0.393 e. The van der Waals surface area contributed by atoms with Crippen LogP contribution in [0, 0.1) is 41.5 Å². The lowest BCUT2D eigenvalue weighted by Crippen LogP contribution is -2.18. The Labute approximate surface area is 303 Å². The SMILES string of the molecule is Cc1ccc(C)c(NN)c1.Cc1ccc(C)c(NN=C2CCC(O)CC2)c1.Cc1ccc(C)c2c3c([nH]c12)CCC(O)C3.O=C1CCC(O)CC1. The van der Waals surface area contributed by atoms with Crippen LogP contribution in [-0.4, -0.2) is 50.1 Å². The highest BCUT2D eigenvalue weighted by Gasteiger charge is 2.22. The number of aromatic nitrogens is 1. The molecule has 3 aliphatic rings. The van der Waals surface area contributed by atoms with Crippen molar-refractivity contribution >= 4 is 33.8 Å². The van der Waals surface area contributed by atoms with Crippen molar-refractivity contribution in [2.45, 2.75) is 130 Å². The summed E-state index contributed by atoms with van der Waals surface area (Å²) in [5.74, 6) is 5.57. The molecule has 1 heterocycles. The molecule has 1 atom stereocenters. The molecule has 9 nitrogen and oxygen atoms in total. The number of nitrogens with zero attached hydrogens (tertiary/aromatic N) is 1. The first-order valence-electron chi connectivity index (χ1n) is 18.4. The highest BCUT2D eigenvalue weighted by Crippen LogP contribution is 2.33. The highest BCUT2D eigenvalue weighted by molar-refractivity contribution is 5.90. The molecule has 4 aromatic rings. The average Bonchev–Trinajstić information content (AvgIpc) is 3.51. The van der Waals surface area contributed by atoms with E-state index in [1.54, 1.807) is 0 Å². The van der Waals surface area contributed by atoms with Gasteiger partial charge in [0.1, 0.15) is 5.78 Å². The van der Waals surface area contributed by atoms with Crippen LogP contribution in [0.4, 0.5) is 11.4 Å². The molecule has 1 aromatic heterocycles. The van der Waals surface area contributed by atoms with Crippen LogP contribution in [0.15, 0.2) is 53.6 Å². The highest BCUT2D eigenvalue weighted by atomic mass is 16.3. The van der Waals surface area contributed by atoms with Gasteiger partial charge in [0.25, 0.3) is 0 Å². The number of nitrogen functional groups attached to an aromatic ring is 1. The van der Waals surface area contributed by atoms with E-state index in [0.29, 0.717) is 31.5 Å². The number of nitrogens with one attached hydrogen (secondary N) is 3. The second-order valence-corrected chi connectivity index (χ2v) is 14.5. The van der Waals surface area contributed by atoms with Crippen molar-refractivity contribution in [2.75, 3.05) is 10.9 Å². The minimum absolute atomic E-state index is 0.130. The van der Waals surface area contributed by atoms with E-state index < -0.39 is 0 Å². The molecule has 3 aromatic carbocycles. The number of Topliss-reactive ketones (excluding diaryl/α,β-unsaturated/α-hetero) is 1. The largest absolute Gasteiger partial charge is 0.393 e. The van der Waals surface area contributed by atoms with Crippen molar-refractivity contribution in [3.8, 4) is 0 Å². The minimum atomic E-state index is -0.201. The maximum absolute atomic E-state index is 10.5. The Balaban J connectivity index is 0.000000159. The number of aliphatic hydroxyl groups excluding tert-OH is 3. The summed E-state index contributed by atoms with van der Waals surface area (Å²) >= 11 is 0. The molecule has 51 heavy (non-hydrogen) atoms. The van der Waals surface area contributed by atoms with E-state index >= 15 is 0 Å². The first-order valence-corrected chi connectivity index (χ1v) is 18.4. The van der Waals surface area contributed by atoms with Gasteiger partial charge in [-0.25, -0.2) is 0 Å². The molecule has 0 saturated heterocycles. The molecule has 0 radical (unpaired) electrons. The number of nitrogens with two attached hydrogens (primary N) is 1. The van der Waals surface area contributed by atoms with Crippen molar-refractivity contribution in [3.05, 3.63) is 93.2 Å². The number of aliphatic hydroxyl groups is 3. The van der Waals surface area contributed by atoms with E-state index in [1.165, 1.54) is 55.5 Å². The van der Waals surface area contributed by atoms with Crippen LogP contribution < -0.4 is 16.7 Å². The van der Waals surface area contributed by atoms with Gasteiger partial charge in [-0.1, -0.05) is 36.4 Å². The lowest BCUT2D eigenvalue weighted by molar-refractivity contribution is -0.122. The summed E-state index contributed by atoms with van der Waals surface area (Å²) < 4.78 is 0. The number of carbonyl (C=O) groups excluding carboxylic acids is 1. The molecule has 276 valence electrons. The summed E-state index contributed by atoms with van der Waals surface area (Å²) in [4.78, 5) is 14.0. The molecule has 0 amide bonds. The summed E-state index contributed by atoms with van der Waals surface area (Å²) in [6, 6.07) is 16.8. The number of hydrogen-bond acceptors (Lipinski definition) is 8. The van der Waals surface area contributed by atoms with E-state index in [2.05, 4.69) is 85.0 Å². The van der Waals surface area contributed by atoms with Crippen molar-refractivity contribution in [3.63, 3.8) is 0 Å². The monoisotopic (exact) mass is 697 g/mol. The lowest BCUT2D eigenvalue weighted by Gasteiger charge is -2.18. The molecule has 9 heteroatoms. The van der Waals surface area contributed by atoms with Gasteiger partial charge in [-0.05, 0) is 144 Å². The average molecular weight is 698 g/mol. The van der Waals surface area contributed by atoms with Crippen molar-refractivity contribution in [2.24, 2.45) is 10.9 Å². The number of fused-ring (bicyclic) bond motifs is 3. The van der Waals surface area contributed by atoms with E-state index in [0.717, 1.165) is 62.0 Å². The fourth-order valence-corrected chi connectivity index (χ4v) is 6.68. The molecule has 2 saturated carbocycles. The topological polar surface area (TPSA) is 156 Å². The zero-order valence-corrected chi connectivity index (χ0v) is 31.4. The number of aryl methyl sites for hydroxylation is 7. The second kappa shape index (κ2) is 19.0. The Morgan fingerprint density at radius 3 is 1.75 bits per heavy atom. The predicted octanol–water partition coefficient (Wildman–Crippen LogP) is 7.72. The van der Waals surface area contributed by atoms with Crippen molar-refractivity contribution in [1.29, 1.82) is 0 Å². The smallest absolute Gasteiger partial charge is 0.133 e. The summed E-state index contributed by atoms with van der Waals surface area (Å²) in [5, 5.41) is 33.9. The number of ketones is 1. The third-order valence-electron chi connectivity index (χ3n) is 10.1. The number of rotatable bonds is 3. The van der Waals surface area contributed by atoms with Crippen LogP contribution in [-0.2, 0) is 17.6 Å². The number of benzene rings is 3. The summed E-state index contributed by atoms with van der Waals surface area (Å²) in [6.07, 6.45) is 8.19. The predicted molar refractivity (Wildman–Crippen MR) is 210 cm³/mol. The van der Waals surface area contributed by atoms with Gasteiger partial charge in [0, 0.05) is 41.6 Å². The summed E-state index contributed by atoms with van der Waals surface area (Å²) in [6.45, 7) is 12.5. The first kappa shape index (κ1) is 39.8. The summed E-state index contributed by atoms with van der Waals surface area (Å²) in [7, 11) is 0. The van der Waals surface area contributed by atoms with Gasteiger partial charge < -0.3 is 25.7 Å². The molecule has 2 fully saturated rings. The maximum Gasteiger partial charge on any atom is 0.133 e. The number of aromatic amines is 1. The van der Waals surface area contributed by atoms with E-state index in [9.17, 15) is 15.0 Å². The quantitative estimate of drug-likeness (QED) is 0.0854. The third-order valence-corrected chi connectivity index (χ3v) is 10.1. The van der Waals surface area contributed by atoms with Gasteiger partial charge in [0.15, 0.2) is 0 Å². The molecular weight excluding hydrogens is 638 g/mol. The Morgan fingerprint density at radius 2 is 1.18 bits per heavy atom. The van der Waals surface area contributed by atoms with Gasteiger partial charge in [0.2, 0.25) is 0 Å². The summed E-state index contributed by atoms with van der Waals surface area (Å²) in [5.41, 5.74) is 20.4. The zero-order chi connectivity index (χ0) is 37.1. The van der Waals surface area contributed by atoms with Crippen molar-refractivity contribution < 1.29 is 20.1 Å². The molecule has 0 bridgehead atoms. The van der Waals surface area contributed by atoms with Crippen LogP contribution in [0.1, 0.15) is 102 Å². The van der Waals surface area contributed by atoms with Crippen LogP contribution in [0.2, 0.25) is 0 Å². The van der Waals surface area contributed by atoms with Crippen LogP contribution in [0.3, 0.4) is 0 Å².